The van der Waals surface area contributed by atoms with Crippen molar-refractivity contribution in [2.75, 3.05) is 11.9 Å². The van der Waals surface area contributed by atoms with Gasteiger partial charge >= 0.3 is 0 Å². The molecule has 0 radical (unpaired) electrons. The van der Waals surface area contributed by atoms with Gasteiger partial charge in [-0.2, -0.15) is 0 Å². The van der Waals surface area contributed by atoms with Gasteiger partial charge in [-0.05, 0) is 57.1 Å². The minimum absolute atomic E-state index is 0. The summed E-state index contributed by atoms with van der Waals surface area (Å²) in [5.74, 6) is 0.816. The summed E-state index contributed by atoms with van der Waals surface area (Å²) in [4.78, 5) is 18.6. The highest BCUT2D eigenvalue weighted by Crippen LogP contribution is 2.37. The van der Waals surface area contributed by atoms with Crippen LogP contribution in [0, 0.1) is 5.92 Å². The molecule has 2 N–H and O–H groups in total. The summed E-state index contributed by atoms with van der Waals surface area (Å²) in [5.41, 5.74) is 2.60. The minimum atomic E-state index is 0. The molecule has 4 nitrogen and oxygen atoms in total. The second-order valence-corrected chi connectivity index (χ2v) is 8.39. The van der Waals surface area contributed by atoms with E-state index in [-0.39, 0.29) is 24.2 Å². The Labute approximate surface area is 165 Å². The first kappa shape index (κ1) is 19.3. The van der Waals surface area contributed by atoms with E-state index in [0.717, 1.165) is 43.8 Å². The van der Waals surface area contributed by atoms with Crippen LogP contribution in [0.2, 0.25) is 0 Å². The van der Waals surface area contributed by atoms with Gasteiger partial charge in [-0.15, -0.1) is 23.7 Å². The average molecular weight is 392 g/mol. The van der Waals surface area contributed by atoms with Gasteiger partial charge in [0.05, 0.1) is 5.69 Å². The Morgan fingerprint density at radius 1 is 1.27 bits per heavy atom. The number of piperidine rings is 1. The first-order valence-corrected chi connectivity index (χ1v) is 10.1. The van der Waals surface area contributed by atoms with Crippen molar-refractivity contribution < 1.29 is 4.79 Å². The highest BCUT2D eigenvalue weighted by Gasteiger charge is 2.27. The number of halogens is 1. The fourth-order valence-corrected chi connectivity index (χ4v) is 5.11. The van der Waals surface area contributed by atoms with Crippen molar-refractivity contribution in [2.24, 2.45) is 5.92 Å². The molecule has 1 aromatic carbocycles. The maximum atomic E-state index is 12.5. The third-order valence-electron chi connectivity index (χ3n) is 5.44. The second-order valence-electron chi connectivity index (χ2n) is 7.31. The van der Waals surface area contributed by atoms with Gasteiger partial charge in [0.25, 0.3) is 0 Å². The molecule has 0 spiro atoms. The lowest BCUT2D eigenvalue weighted by atomic mass is 9.85. The molecule has 1 saturated heterocycles. The largest absolute Gasteiger partial charge is 0.314 e. The summed E-state index contributed by atoms with van der Waals surface area (Å²) in [6.07, 6.45) is 5.01. The Hall–Kier alpha value is -1.43. The molecule has 1 aliphatic carbocycles. The van der Waals surface area contributed by atoms with Gasteiger partial charge in [0.15, 0.2) is 5.13 Å². The molecule has 1 unspecified atom stereocenters. The number of anilines is 1. The fourth-order valence-electron chi connectivity index (χ4n) is 4.02. The van der Waals surface area contributed by atoms with Crippen molar-refractivity contribution in [3.8, 4) is 0 Å². The van der Waals surface area contributed by atoms with Crippen molar-refractivity contribution in [1.29, 1.82) is 0 Å². The molecular formula is C20H26ClN3OS. The van der Waals surface area contributed by atoms with E-state index in [9.17, 15) is 4.79 Å². The lowest BCUT2D eigenvalue weighted by molar-refractivity contribution is -0.120. The van der Waals surface area contributed by atoms with Crippen LogP contribution in [0.1, 0.15) is 48.2 Å². The van der Waals surface area contributed by atoms with E-state index in [1.54, 1.807) is 11.3 Å². The van der Waals surface area contributed by atoms with Gasteiger partial charge in [-0.1, -0.05) is 30.3 Å². The predicted octanol–water partition coefficient (Wildman–Crippen LogP) is 4.16. The summed E-state index contributed by atoms with van der Waals surface area (Å²) in [5, 5.41) is 7.27. The van der Waals surface area contributed by atoms with Crippen LogP contribution in [0.3, 0.4) is 0 Å². The number of carbonyl (C=O) groups excluding carboxylic acids is 1. The van der Waals surface area contributed by atoms with E-state index in [1.807, 2.05) is 0 Å². The third-order valence-corrected chi connectivity index (χ3v) is 6.47. The molecule has 3 atom stereocenters. The molecule has 2 aliphatic rings. The number of nitrogens with zero attached hydrogens (tertiary/aromatic N) is 1. The smallest absolute Gasteiger partial charge is 0.229 e. The van der Waals surface area contributed by atoms with Gasteiger partial charge in [0, 0.05) is 16.8 Å². The summed E-state index contributed by atoms with van der Waals surface area (Å²) in [7, 11) is 0. The maximum Gasteiger partial charge on any atom is 0.229 e. The summed E-state index contributed by atoms with van der Waals surface area (Å²) < 4.78 is 0. The van der Waals surface area contributed by atoms with E-state index in [0.29, 0.717) is 12.0 Å². The van der Waals surface area contributed by atoms with Crippen LogP contribution < -0.4 is 10.6 Å². The highest BCUT2D eigenvalue weighted by molar-refractivity contribution is 7.15. The first-order chi connectivity index (χ1) is 12.2. The molecule has 26 heavy (non-hydrogen) atoms. The molecule has 2 aromatic rings. The van der Waals surface area contributed by atoms with Crippen molar-refractivity contribution in [3.05, 3.63) is 46.5 Å². The molecule has 0 saturated carbocycles. The summed E-state index contributed by atoms with van der Waals surface area (Å²) in [6, 6.07) is 11.2. The first-order valence-electron chi connectivity index (χ1n) is 9.27. The number of rotatable bonds is 3. The molecule has 1 aliphatic heterocycles. The standard InChI is InChI=1S/C20H25N3OS.ClH/c1-13-11-16(9-10-21-13)19(24)23-20-22-17-8-7-15(12-18(17)25-20)14-5-3-2-4-6-14;/h2-6,13,15-16,21H,7-12H2,1H3,(H,22,23,24);1H/t13-,15?,16-;/m0./s1. The molecule has 1 amide bonds. The monoisotopic (exact) mass is 391 g/mol. The molecule has 6 heteroatoms. The number of aromatic nitrogens is 1. The van der Waals surface area contributed by atoms with Gasteiger partial charge in [-0.25, -0.2) is 4.98 Å². The zero-order chi connectivity index (χ0) is 17.2. The van der Waals surface area contributed by atoms with Crippen LogP contribution in [0.5, 0.6) is 0 Å². The number of carbonyl (C=O) groups is 1. The second kappa shape index (κ2) is 8.51. The van der Waals surface area contributed by atoms with Crippen LogP contribution in [0.4, 0.5) is 5.13 Å². The van der Waals surface area contributed by atoms with Crippen molar-refractivity contribution >= 4 is 34.8 Å². The molecule has 1 fully saturated rings. The average Bonchev–Trinajstić information content (AvgIpc) is 3.03. The highest BCUT2D eigenvalue weighted by atomic mass is 35.5. The van der Waals surface area contributed by atoms with Gasteiger partial charge < -0.3 is 10.6 Å². The van der Waals surface area contributed by atoms with Crippen LogP contribution in [-0.4, -0.2) is 23.5 Å². The Bertz CT molecular complexity index is 749. The molecule has 0 bridgehead atoms. The topological polar surface area (TPSA) is 54.0 Å². The molecule has 1 aromatic heterocycles. The van der Waals surface area contributed by atoms with Crippen LogP contribution in [0.15, 0.2) is 30.3 Å². The van der Waals surface area contributed by atoms with E-state index in [4.69, 9.17) is 4.98 Å². The van der Waals surface area contributed by atoms with Crippen molar-refractivity contribution in [1.82, 2.24) is 10.3 Å². The van der Waals surface area contributed by atoms with E-state index >= 15 is 0 Å². The molecular weight excluding hydrogens is 366 g/mol. The van der Waals surface area contributed by atoms with E-state index < -0.39 is 0 Å². The summed E-state index contributed by atoms with van der Waals surface area (Å²) >= 11 is 1.67. The van der Waals surface area contributed by atoms with Crippen LogP contribution >= 0.6 is 23.7 Å². The summed E-state index contributed by atoms with van der Waals surface area (Å²) in [6.45, 7) is 3.07. The predicted molar refractivity (Wildman–Crippen MR) is 109 cm³/mol. The van der Waals surface area contributed by atoms with Crippen molar-refractivity contribution in [3.63, 3.8) is 0 Å². The Morgan fingerprint density at radius 3 is 2.85 bits per heavy atom. The number of thiazole rings is 1. The third kappa shape index (κ3) is 4.27. The van der Waals surface area contributed by atoms with Gasteiger partial charge in [-0.3, -0.25) is 4.79 Å². The number of hydrogen-bond acceptors (Lipinski definition) is 4. The number of fused-ring (bicyclic) bond motifs is 1. The fraction of sp³-hybridized carbons (Fsp3) is 0.500. The van der Waals surface area contributed by atoms with E-state index in [1.165, 1.54) is 16.1 Å². The number of hydrogen-bond donors (Lipinski definition) is 2. The normalized spacial score (nSPS) is 25.0. The molecule has 2 heterocycles. The SMILES string of the molecule is C[C@H]1C[C@@H](C(=O)Nc2nc3c(s2)CC(c2ccccc2)CC3)CCN1.Cl. The Kier molecular flexibility index (Phi) is 6.33. The number of nitrogens with one attached hydrogen (secondary N) is 2. The zero-order valence-corrected chi connectivity index (χ0v) is 16.7. The minimum Gasteiger partial charge on any atom is -0.314 e. The zero-order valence-electron chi connectivity index (χ0n) is 15.0. The maximum absolute atomic E-state index is 12.5. The molecule has 4 rings (SSSR count). The van der Waals surface area contributed by atoms with Crippen LogP contribution in [-0.2, 0) is 17.6 Å². The molecule has 140 valence electrons. The number of benzene rings is 1. The van der Waals surface area contributed by atoms with E-state index in [2.05, 4.69) is 47.9 Å². The lowest BCUT2D eigenvalue weighted by Gasteiger charge is -2.26. The number of aryl methyl sites for hydroxylation is 1. The van der Waals surface area contributed by atoms with Gasteiger partial charge in [0.2, 0.25) is 5.91 Å². The Balaban J connectivity index is 0.00000196. The number of amides is 1. The lowest BCUT2D eigenvalue weighted by Crippen LogP contribution is -2.40. The van der Waals surface area contributed by atoms with Gasteiger partial charge in [0.1, 0.15) is 0 Å². The van der Waals surface area contributed by atoms with Crippen LogP contribution in [0.25, 0.3) is 0 Å². The Morgan fingerprint density at radius 2 is 2.08 bits per heavy atom. The van der Waals surface area contributed by atoms with Crippen molar-refractivity contribution in [2.45, 2.75) is 51.0 Å². The quantitative estimate of drug-likeness (QED) is 0.825.